The van der Waals surface area contributed by atoms with E-state index in [2.05, 4.69) is 11.7 Å². The van der Waals surface area contributed by atoms with Crippen LogP contribution >= 0.6 is 0 Å². The van der Waals surface area contributed by atoms with Crippen molar-refractivity contribution in [2.45, 2.75) is 109 Å². The van der Waals surface area contributed by atoms with E-state index < -0.39 is 18.2 Å². The Morgan fingerprint density at radius 2 is 1.26 bits per heavy atom. The van der Waals surface area contributed by atoms with E-state index in [1.807, 2.05) is 0 Å². The summed E-state index contributed by atoms with van der Waals surface area (Å²) in [6.07, 6.45) is 13.2. The van der Waals surface area contributed by atoms with Gasteiger partial charge in [-0.3, -0.25) is 0 Å². The third-order valence-electron chi connectivity index (χ3n) is 4.37. The fraction of sp³-hybridized carbons (Fsp3) is 0.947. The summed E-state index contributed by atoms with van der Waals surface area (Å²) in [5, 5.41) is 9.33. The normalized spacial score (nSPS) is 13.7. The standard InChI is InChI=1S/C19H37FO3/c1-3-4-5-6-7-8-9-10-11-12-13-14-15-16-17(20)18(21)19(22)23-2/h17-18,21H,3-16H2,1-2H3/t17-,18+/m0/s1. The van der Waals surface area contributed by atoms with Gasteiger partial charge in [-0.2, -0.15) is 0 Å². The quantitative estimate of drug-likeness (QED) is 0.306. The molecule has 23 heavy (non-hydrogen) atoms. The fourth-order valence-electron chi connectivity index (χ4n) is 2.78. The van der Waals surface area contributed by atoms with E-state index in [0.29, 0.717) is 6.42 Å². The number of carbonyl (C=O) groups is 1. The number of hydrogen-bond donors (Lipinski definition) is 1. The highest BCUT2D eigenvalue weighted by atomic mass is 19.1. The number of esters is 1. The topological polar surface area (TPSA) is 46.5 Å². The lowest BCUT2D eigenvalue weighted by Gasteiger charge is -2.13. The Kier molecular flexibility index (Phi) is 15.8. The molecule has 0 aromatic heterocycles. The molecule has 0 rings (SSSR count). The largest absolute Gasteiger partial charge is 0.467 e. The Bertz CT molecular complexity index is 271. The first kappa shape index (κ1) is 22.4. The average molecular weight is 332 g/mol. The molecule has 0 aromatic carbocycles. The summed E-state index contributed by atoms with van der Waals surface area (Å²) < 4.78 is 17.8. The van der Waals surface area contributed by atoms with Crippen LogP contribution in [0.5, 0.6) is 0 Å². The molecule has 0 aliphatic heterocycles. The highest BCUT2D eigenvalue weighted by molar-refractivity contribution is 5.74. The lowest BCUT2D eigenvalue weighted by atomic mass is 10.0. The van der Waals surface area contributed by atoms with Gasteiger partial charge in [0, 0.05) is 0 Å². The van der Waals surface area contributed by atoms with Crippen LogP contribution < -0.4 is 0 Å². The van der Waals surface area contributed by atoms with Gasteiger partial charge in [0.1, 0.15) is 6.17 Å². The van der Waals surface area contributed by atoms with Crippen LogP contribution in [-0.2, 0) is 9.53 Å². The SMILES string of the molecule is CCCCCCCCCCCCCCC[C@H](F)[C@@H](O)C(=O)OC. The van der Waals surface area contributed by atoms with Gasteiger partial charge in [0.25, 0.3) is 0 Å². The van der Waals surface area contributed by atoms with E-state index in [1.165, 1.54) is 64.2 Å². The second kappa shape index (κ2) is 16.2. The van der Waals surface area contributed by atoms with Gasteiger partial charge >= 0.3 is 5.97 Å². The van der Waals surface area contributed by atoms with Crippen molar-refractivity contribution >= 4 is 5.97 Å². The number of methoxy groups -OCH3 is 1. The number of rotatable bonds is 16. The molecule has 3 nitrogen and oxygen atoms in total. The maximum atomic E-state index is 13.5. The zero-order valence-electron chi connectivity index (χ0n) is 15.2. The van der Waals surface area contributed by atoms with Crippen LogP contribution in [0.1, 0.15) is 96.8 Å². The van der Waals surface area contributed by atoms with Gasteiger partial charge in [-0.05, 0) is 6.42 Å². The summed E-state index contributed by atoms with van der Waals surface area (Å²) in [6, 6.07) is 0. The number of halogens is 1. The van der Waals surface area contributed by atoms with E-state index in [-0.39, 0.29) is 6.42 Å². The highest BCUT2D eigenvalue weighted by Crippen LogP contribution is 2.15. The van der Waals surface area contributed by atoms with Crippen molar-refractivity contribution in [2.24, 2.45) is 0 Å². The summed E-state index contributed by atoms with van der Waals surface area (Å²) in [6.45, 7) is 2.25. The zero-order chi connectivity index (χ0) is 17.3. The van der Waals surface area contributed by atoms with Crippen LogP contribution in [0.4, 0.5) is 4.39 Å². The number of carbonyl (C=O) groups excluding carboxylic acids is 1. The lowest BCUT2D eigenvalue weighted by Crippen LogP contribution is -2.31. The van der Waals surface area contributed by atoms with Crippen molar-refractivity contribution < 1.29 is 19.0 Å². The summed E-state index contributed by atoms with van der Waals surface area (Å²) in [5.41, 5.74) is 0. The Balaban J connectivity index is 3.26. The monoisotopic (exact) mass is 332 g/mol. The van der Waals surface area contributed by atoms with E-state index in [0.717, 1.165) is 20.0 Å². The molecule has 0 saturated carbocycles. The molecule has 138 valence electrons. The van der Waals surface area contributed by atoms with Gasteiger partial charge in [-0.25, -0.2) is 9.18 Å². The van der Waals surface area contributed by atoms with Gasteiger partial charge in [0.05, 0.1) is 7.11 Å². The van der Waals surface area contributed by atoms with E-state index >= 15 is 0 Å². The average Bonchev–Trinajstić information content (AvgIpc) is 2.57. The second-order valence-corrected chi connectivity index (χ2v) is 6.52. The van der Waals surface area contributed by atoms with Crippen LogP contribution in [0.2, 0.25) is 0 Å². The second-order valence-electron chi connectivity index (χ2n) is 6.52. The van der Waals surface area contributed by atoms with Crippen LogP contribution in [0.3, 0.4) is 0 Å². The minimum Gasteiger partial charge on any atom is -0.467 e. The number of alkyl halides is 1. The minimum absolute atomic E-state index is 0.230. The Morgan fingerprint density at radius 3 is 1.65 bits per heavy atom. The number of aliphatic hydroxyl groups is 1. The van der Waals surface area contributed by atoms with Crippen LogP contribution in [0.15, 0.2) is 0 Å². The summed E-state index contributed by atoms with van der Waals surface area (Å²) >= 11 is 0. The molecule has 0 amide bonds. The number of aliphatic hydroxyl groups excluding tert-OH is 1. The van der Waals surface area contributed by atoms with Gasteiger partial charge < -0.3 is 9.84 Å². The van der Waals surface area contributed by atoms with Crippen LogP contribution in [0.25, 0.3) is 0 Å². The number of hydrogen-bond acceptors (Lipinski definition) is 3. The molecule has 0 bridgehead atoms. The molecule has 0 saturated heterocycles. The van der Waals surface area contributed by atoms with Gasteiger partial charge in [-0.1, -0.05) is 90.4 Å². The third kappa shape index (κ3) is 13.5. The lowest BCUT2D eigenvalue weighted by molar-refractivity contribution is -0.154. The molecular formula is C19H37FO3. The molecule has 0 aromatic rings. The van der Waals surface area contributed by atoms with Crippen molar-refractivity contribution in [3.05, 3.63) is 0 Å². The molecule has 2 atom stereocenters. The third-order valence-corrected chi connectivity index (χ3v) is 4.37. The number of ether oxygens (including phenoxy) is 1. The van der Waals surface area contributed by atoms with Crippen molar-refractivity contribution in [1.29, 1.82) is 0 Å². The Labute approximate surface area is 142 Å². The Hall–Kier alpha value is -0.640. The highest BCUT2D eigenvalue weighted by Gasteiger charge is 2.25. The summed E-state index contributed by atoms with van der Waals surface area (Å²) in [5.74, 6) is -0.882. The minimum atomic E-state index is -1.63. The predicted octanol–water partition coefficient (Wildman–Crippen LogP) is 5.34. The first-order valence-electron chi connectivity index (χ1n) is 9.53. The summed E-state index contributed by atoms with van der Waals surface area (Å²) in [4.78, 5) is 11.0. The van der Waals surface area contributed by atoms with Crippen molar-refractivity contribution in [3.8, 4) is 0 Å². The first-order valence-corrected chi connectivity index (χ1v) is 9.53. The molecule has 0 unspecified atom stereocenters. The Morgan fingerprint density at radius 1 is 0.870 bits per heavy atom. The molecule has 0 aliphatic rings. The first-order chi connectivity index (χ1) is 11.1. The molecule has 1 N–H and O–H groups in total. The molecule has 0 heterocycles. The van der Waals surface area contributed by atoms with Crippen LogP contribution in [0, 0.1) is 0 Å². The molecule has 0 fully saturated rings. The van der Waals surface area contributed by atoms with Crippen LogP contribution in [-0.4, -0.2) is 30.5 Å². The van der Waals surface area contributed by atoms with Gasteiger partial charge in [0.2, 0.25) is 0 Å². The predicted molar refractivity (Wildman–Crippen MR) is 93.2 cm³/mol. The molecule has 4 heteroatoms. The smallest absolute Gasteiger partial charge is 0.337 e. The summed E-state index contributed by atoms with van der Waals surface area (Å²) in [7, 11) is 1.16. The van der Waals surface area contributed by atoms with Crippen molar-refractivity contribution in [2.75, 3.05) is 7.11 Å². The van der Waals surface area contributed by atoms with Crippen molar-refractivity contribution in [3.63, 3.8) is 0 Å². The van der Waals surface area contributed by atoms with Gasteiger partial charge in [0.15, 0.2) is 6.10 Å². The molecular weight excluding hydrogens is 295 g/mol. The maximum absolute atomic E-state index is 13.5. The molecule has 0 aliphatic carbocycles. The van der Waals surface area contributed by atoms with E-state index in [4.69, 9.17) is 0 Å². The molecule has 0 spiro atoms. The zero-order valence-corrected chi connectivity index (χ0v) is 15.2. The van der Waals surface area contributed by atoms with E-state index in [9.17, 15) is 14.3 Å². The van der Waals surface area contributed by atoms with E-state index in [1.54, 1.807) is 0 Å². The fourth-order valence-corrected chi connectivity index (χ4v) is 2.78. The maximum Gasteiger partial charge on any atom is 0.337 e. The van der Waals surface area contributed by atoms with Gasteiger partial charge in [-0.15, -0.1) is 0 Å². The molecule has 0 radical (unpaired) electrons. The van der Waals surface area contributed by atoms with Crippen molar-refractivity contribution in [1.82, 2.24) is 0 Å². The number of unbranched alkanes of at least 4 members (excludes halogenated alkanes) is 12.